The van der Waals surface area contributed by atoms with Crippen LogP contribution in [-0.4, -0.2) is 39.2 Å². The van der Waals surface area contributed by atoms with E-state index >= 15 is 0 Å². The fraction of sp³-hybridized carbons (Fsp3) is 0.138. The molecule has 0 aliphatic rings. The first-order chi connectivity index (χ1) is 18.9. The summed E-state index contributed by atoms with van der Waals surface area (Å²) in [6.45, 7) is 0. The minimum Gasteiger partial charge on any atom is -0.497 e. The summed E-state index contributed by atoms with van der Waals surface area (Å²) in [6.07, 6.45) is 1.52. The number of rotatable bonds is 10. The van der Waals surface area contributed by atoms with Crippen LogP contribution in [0, 0.1) is 11.3 Å². The number of halogens is 1. The Morgan fingerprint density at radius 2 is 1.67 bits per heavy atom. The van der Waals surface area contributed by atoms with E-state index in [-0.39, 0.29) is 5.78 Å². The Hall–Kier alpha value is -4.52. The number of aromatic nitrogens is 1. The molecule has 0 saturated heterocycles. The number of nitriles is 1. The number of hydrogen-bond donors (Lipinski definition) is 1. The highest BCUT2D eigenvalue weighted by molar-refractivity contribution is 7.11. The molecule has 0 radical (unpaired) electrons. The van der Waals surface area contributed by atoms with Crippen molar-refractivity contribution in [1.82, 2.24) is 4.98 Å². The van der Waals surface area contributed by atoms with Gasteiger partial charge in [0.05, 0.1) is 34.1 Å². The van der Waals surface area contributed by atoms with Crippen LogP contribution in [0.1, 0.15) is 20.9 Å². The molecule has 0 bridgehead atoms. The molecule has 4 rings (SSSR count). The maximum Gasteiger partial charge on any atom is 0.203 e. The highest BCUT2D eigenvalue weighted by Gasteiger charge is 2.20. The van der Waals surface area contributed by atoms with E-state index in [1.807, 2.05) is 29.6 Å². The van der Waals surface area contributed by atoms with Crippen molar-refractivity contribution in [3.05, 3.63) is 87.3 Å². The number of carbonyl (C=O) groups excluding carboxylic acids is 1. The molecule has 3 aromatic carbocycles. The molecular formula is C29H24ClN3O5S. The number of allylic oxidation sites excluding steroid dienone is 1. The summed E-state index contributed by atoms with van der Waals surface area (Å²) in [4.78, 5) is 18.2. The van der Waals surface area contributed by atoms with Gasteiger partial charge in [0.2, 0.25) is 5.75 Å². The fourth-order valence-corrected chi connectivity index (χ4v) is 4.75. The number of nitrogens with one attached hydrogen (secondary N) is 1. The average molecular weight is 562 g/mol. The van der Waals surface area contributed by atoms with E-state index < -0.39 is 0 Å². The van der Waals surface area contributed by atoms with Gasteiger partial charge in [0.15, 0.2) is 17.3 Å². The van der Waals surface area contributed by atoms with E-state index in [1.165, 1.54) is 38.9 Å². The number of hydrogen-bond acceptors (Lipinski definition) is 9. The summed E-state index contributed by atoms with van der Waals surface area (Å²) in [7, 11) is 6.05. The van der Waals surface area contributed by atoms with E-state index in [2.05, 4.69) is 16.4 Å². The van der Waals surface area contributed by atoms with Gasteiger partial charge < -0.3 is 24.3 Å². The molecule has 0 spiro atoms. The first-order valence-electron chi connectivity index (χ1n) is 11.5. The molecule has 0 fully saturated rings. The number of ether oxygens (including phenoxy) is 4. The number of ketones is 1. The van der Waals surface area contributed by atoms with Crippen molar-refractivity contribution in [2.75, 3.05) is 33.8 Å². The largest absolute Gasteiger partial charge is 0.497 e. The second-order valence-electron chi connectivity index (χ2n) is 8.01. The average Bonchev–Trinajstić information content (AvgIpc) is 3.47. The zero-order valence-electron chi connectivity index (χ0n) is 21.6. The first kappa shape index (κ1) is 27.5. The molecule has 0 atom stereocenters. The van der Waals surface area contributed by atoms with Crippen LogP contribution < -0.4 is 24.3 Å². The predicted molar refractivity (Wildman–Crippen MR) is 152 cm³/mol. The van der Waals surface area contributed by atoms with Crippen LogP contribution in [-0.2, 0) is 0 Å². The lowest BCUT2D eigenvalue weighted by Crippen LogP contribution is -2.07. The van der Waals surface area contributed by atoms with E-state index in [9.17, 15) is 10.1 Å². The Bertz CT molecular complexity index is 1550. The monoisotopic (exact) mass is 561 g/mol. The maximum atomic E-state index is 13.6. The van der Waals surface area contributed by atoms with Crippen molar-refractivity contribution in [2.24, 2.45) is 0 Å². The van der Waals surface area contributed by atoms with Crippen LogP contribution in [0.25, 0.3) is 16.8 Å². The second-order valence-corrected chi connectivity index (χ2v) is 9.31. The Kier molecular flexibility index (Phi) is 8.71. The van der Waals surface area contributed by atoms with Crippen LogP contribution in [0.3, 0.4) is 0 Å². The topological polar surface area (TPSA) is 103 Å². The molecule has 10 heteroatoms. The summed E-state index contributed by atoms with van der Waals surface area (Å²) in [5.41, 5.74) is 3.01. The standard InChI is InChI=1S/C29H24ClN3O5S/c1-35-21-8-5-17(6-9-21)24-16-39-29(33-24)19(14-31)15-32-23-10-7-20(30)13-22(23)27(34)18-11-25(36-2)28(38-4)26(12-18)37-3/h5-13,15-16,32H,1-4H3/b19-15+. The summed E-state index contributed by atoms with van der Waals surface area (Å²) < 4.78 is 21.3. The number of nitrogens with zero attached hydrogens (tertiary/aromatic N) is 2. The van der Waals surface area contributed by atoms with Crippen molar-refractivity contribution >= 4 is 40.0 Å². The lowest BCUT2D eigenvalue weighted by atomic mass is 10.0. The molecule has 0 aliphatic heterocycles. The Labute approximate surface area is 235 Å². The van der Waals surface area contributed by atoms with E-state index in [1.54, 1.807) is 37.4 Å². The molecule has 4 aromatic rings. The molecule has 1 aromatic heterocycles. The summed E-state index contributed by atoms with van der Waals surface area (Å²) in [5.74, 6) is 1.48. The summed E-state index contributed by atoms with van der Waals surface area (Å²) in [6, 6.07) is 17.7. The molecule has 1 N–H and O–H groups in total. The minimum absolute atomic E-state index is 0.295. The summed E-state index contributed by atoms with van der Waals surface area (Å²) in [5, 5.41) is 15.7. The minimum atomic E-state index is -0.331. The van der Waals surface area contributed by atoms with E-state index in [4.69, 9.17) is 30.5 Å². The predicted octanol–water partition coefficient (Wildman–Crippen LogP) is 6.71. The van der Waals surface area contributed by atoms with E-state index in [0.717, 1.165) is 17.0 Å². The molecule has 8 nitrogen and oxygen atoms in total. The maximum absolute atomic E-state index is 13.6. The molecule has 0 amide bonds. The molecule has 0 saturated carbocycles. The van der Waals surface area contributed by atoms with Gasteiger partial charge >= 0.3 is 0 Å². The SMILES string of the molecule is COc1ccc(-c2csc(/C(C#N)=C/Nc3ccc(Cl)cc3C(=O)c3cc(OC)c(OC)c(OC)c3)n2)cc1. The quantitative estimate of drug-likeness (QED) is 0.168. The van der Waals surface area contributed by atoms with Crippen molar-refractivity contribution < 1.29 is 23.7 Å². The third-order valence-electron chi connectivity index (χ3n) is 5.77. The lowest BCUT2D eigenvalue weighted by Gasteiger charge is -2.15. The van der Waals surface area contributed by atoms with Crippen molar-refractivity contribution in [2.45, 2.75) is 0 Å². The molecule has 0 aliphatic carbocycles. The number of methoxy groups -OCH3 is 4. The Morgan fingerprint density at radius 3 is 2.26 bits per heavy atom. The van der Waals surface area contributed by atoms with Gasteiger partial charge in [-0.25, -0.2) is 4.98 Å². The lowest BCUT2D eigenvalue weighted by molar-refractivity contribution is 0.103. The van der Waals surface area contributed by atoms with Gasteiger partial charge in [0.1, 0.15) is 22.4 Å². The third-order valence-corrected chi connectivity index (χ3v) is 6.88. The summed E-state index contributed by atoms with van der Waals surface area (Å²) >= 11 is 7.59. The second kappa shape index (κ2) is 12.3. The Morgan fingerprint density at radius 1 is 0.974 bits per heavy atom. The van der Waals surface area contributed by atoms with Gasteiger partial charge in [-0.05, 0) is 54.6 Å². The number of benzene rings is 3. The van der Waals surface area contributed by atoms with Crippen LogP contribution in [0.4, 0.5) is 5.69 Å². The smallest absolute Gasteiger partial charge is 0.203 e. The van der Waals surface area contributed by atoms with Gasteiger partial charge in [-0.15, -0.1) is 11.3 Å². The molecule has 1 heterocycles. The van der Waals surface area contributed by atoms with Gasteiger partial charge in [0, 0.05) is 39.0 Å². The molecule has 0 unspecified atom stereocenters. The third kappa shape index (κ3) is 5.98. The first-order valence-corrected chi connectivity index (χ1v) is 12.8. The van der Waals surface area contributed by atoms with Crippen molar-refractivity contribution in [3.63, 3.8) is 0 Å². The van der Waals surface area contributed by atoms with Crippen molar-refractivity contribution in [3.8, 4) is 40.3 Å². The number of carbonyl (C=O) groups is 1. The zero-order chi connectivity index (χ0) is 27.9. The molecule has 198 valence electrons. The van der Waals surface area contributed by atoms with E-state index in [0.29, 0.717) is 49.7 Å². The molecule has 39 heavy (non-hydrogen) atoms. The number of anilines is 1. The van der Waals surface area contributed by atoms with Gasteiger partial charge in [-0.2, -0.15) is 5.26 Å². The van der Waals surface area contributed by atoms with Gasteiger partial charge in [-0.1, -0.05) is 11.6 Å². The normalized spacial score (nSPS) is 10.9. The van der Waals surface area contributed by atoms with Crippen molar-refractivity contribution in [1.29, 1.82) is 5.26 Å². The van der Waals surface area contributed by atoms with Crippen LogP contribution in [0.5, 0.6) is 23.0 Å². The highest BCUT2D eigenvalue weighted by atomic mass is 35.5. The van der Waals surface area contributed by atoms with Gasteiger partial charge in [0.25, 0.3) is 0 Å². The number of thiazole rings is 1. The fourth-order valence-electron chi connectivity index (χ4n) is 3.78. The zero-order valence-corrected chi connectivity index (χ0v) is 23.1. The van der Waals surface area contributed by atoms with Crippen LogP contribution in [0.15, 0.2) is 66.2 Å². The van der Waals surface area contributed by atoms with Gasteiger partial charge in [-0.3, -0.25) is 4.79 Å². The Balaban J connectivity index is 1.65. The molecular weight excluding hydrogens is 538 g/mol. The van der Waals surface area contributed by atoms with Crippen LogP contribution >= 0.6 is 22.9 Å². The van der Waals surface area contributed by atoms with Crippen LogP contribution in [0.2, 0.25) is 5.02 Å². The highest BCUT2D eigenvalue weighted by Crippen LogP contribution is 2.39.